The third-order valence-corrected chi connectivity index (χ3v) is 6.74. The van der Waals surface area contributed by atoms with E-state index in [1.807, 2.05) is 42.5 Å². The van der Waals surface area contributed by atoms with Crippen LogP contribution < -0.4 is 19.1 Å². The van der Waals surface area contributed by atoms with Crippen LogP contribution in [0.5, 0.6) is 17.2 Å². The summed E-state index contributed by atoms with van der Waals surface area (Å²) < 4.78 is 22.0. The zero-order chi connectivity index (χ0) is 25.2. The Morgan fingerprint density at radius 3 is 2.39 bits per heavy atom. The Morgan fingerprint density at radius 2 is 1.72 bits per heavy atom. The Bertz CT molecular complexity index is 1260. The summed E-state index contributed by atoms with van der Waals surface area (Å²) in [4.78, 5) is 26.4. The van der Waals surface area contributed by atoms with E-state index in [1.165, 1.54) is 12.1 Å². The van der Waals surface area contributed by atoms with Crippen LogP contribution in [-0.2, 0) is 9.53 Å². The van der Waals surface area contributed by atoms with E-state index in [-0.39, 0.29) is 37.0 Å². The number of anilines is 1. The maximum absolute atomic E-state index is 13.5. The van der Waals surface area contributed by atoms with Gasteiger partial charge in [-0.1, -0.05) is 18.2 Å². The first-order chi connectivity index (χ1) is 17.5. The molecular formula is C27H26N2O7. The van der Waals surface area contributed by atoms with Crippen LogP contribution in [0, 0.1) is 16.0 Å². The van der Waals surface area contributed by atoms with Crippen LogP contribution >= 0.6 is 0 Å². The Morgan fingerprint density at radius 1 is 1.03 bits per heavy atom. The van der Waals surface area contributed by atoms with Gasteiger partial charge in [0.15, 0.2) is 11.5 Å². The maximum atomic E-state index is 13.5. The highest BCUT2D eigenvalue weighted by Gasteiger charge is 2.48. The summed E-state index contributed by atoms with van der Waals surface area (Å²) >= 11 is 0. The minimum atomic E-state index is -0.533. The van der Waals surface area contributed by atoms with E-state index in [2.05, 4.69) is 4.90 Å². The molecule has 0 amide bonds. The fourth-order valence-electron chi connectivity index (χ4n) is 5.06. The third kappa shape index (κ3) is 4.28. The molecule has 2 aliphatic rings. The number of nitro groups is 1. The molecule has 2 aliphatic heterocycles. The number of nitrogens with zero attached hydrogens (tertiary/aromatic N) is 2. The average molecular weight is 491 g/mol. The van der Waals surface area contributed by atoms with Crippen molar-refractivity contribution in [2.45, 2.75) is 18.9 Å². The molecule has 0 saturated carbocycles. The van der Waals surface area contributed by atoms with Gasteiger partial charge < -0.3 is 23.8 Å². The topological polar surface area (TPSA) is 100 Å². The summed E-state index contributed by atoms with van der Waals surface area (Å²) in [5.74, 6) is 0.965. The standard InChI is InChI=1S/C27H26N2O7/c1-3-34-27(30)25-22(18-6-13-23-24(14-18)36-16-35-23)15-28(19-7-9-20(10-8-19)29(31)32)26(25)17-4-11-21(33-2)12-5-17/h4-14,22,25-26H,3,15-16H2,1-2H3/t22-,25+,26-/m1/s1. The number of carbonyl (C=O) groups excluding carboxylic acids is 1. The average Bonchev–Trinajstić information content (AvgIpc) is 3.53. The second kappa shape index (κ2) is 9.77. The van der Waals surface area contributed by atoms with Crippen LogP contribution in [0.15, 0.2) is 66.7 Å². The van der Waals surface area contributed by atoms with Crippen molar-refractivity contribution in [3.05, 3.63) is 88.0 Å². The van der Waals surface area contributed by atoms with Gasteiger partial charge in [0.05, 0.1) is 30.6 Å². The lowest BCUT2D eigenvalue weighted by molar-refractivity contribution is -0.384. The number of fused-ring (bicyclic) bond motifs is 1. The zero-order valence-electron chi connectivity index (χ0n) is 20.0. The van der Waals surface area contributed by atoms with Gasteiger partial charge in [0, 0.05) is 30.3 Å². The number of hydrogen-bond donors (Lipinski definition) is 0. The van der Waals surface area contributed by atoms with E-state index in [4.69, 9.17) is 18.9 Å². The Hall–Kier alpha value is -4.27. The van der Waals surface area contributed by atoms with Crippen molar-refractivity contribution in [1.82, 2.24) is 0 Å². The normalized spacial score (nSPS) is 20.3. The Labute approximate surface area is 208 Å². The zero-order valence-corrected chi connectivity index (χ0v) is 20.0. The molecule has 3 aromatic rings. The minimum absolute atomic E-state index is 0.00760. The van der Waals surface area contributed by atoms with Gasteiger partial charge in [-0.05, 0) is 54.4 Å². The second-order valence-corrected chi connectivity index (χ2v) is 8.64. The number of nitro benzene ring substituents is 1. The van der Waals surface area contributed by atoms with Gasteiger partial charge in [-0.3, -0.25) is 14.9 Å². The van der Waals surface area contributed by atoms with E-state index < -0.39 is 10.8 Å². The first-order valence-corrected chi connectivity index (χ1v) is 11.7. The van der Waals surface area contributed by atoms with Gasteiger partial charge in [-0.2, -0.15) is 0 Å². The third-order valence-electron chi connectivity index (χ3n) is 6.74. The molecule has 9 heteroatoms. The predicted octanol–water partition coefficient (Wildman–Crippen LogP) is 4.86. The van der Waals surface area contributed by atoms with E-state index in [9.17, 15) is 14.9 Å². The first-order valence-electron chi connectivity index (χ1n) is 11.7. The van der Waals surface area contributed by atoms with Gasteiger partial charge in [0.1, 0.15) is 5.75 Å². The largest absolute Gasteiger partial charge is 0.497 e. The van der Waals surface area contributed by atoms with Crippen molar-refractivity contribution in [2.75, 3.05) is 32.0 Å². The summed E-state index contributed by atoms with van der Waals surface area (Å²) in [5, 5.41) is 11.2. The number of methoxy groups -OCH3 is 1. The monoisotopic (exact) mass is 490 g/mol. The molecule has 0 radical (unpaired) electrons. The van der Waals surface area contributed by atoms with Gasteiger partial charge in [-0.25, -0.2) is 0 Å². The van der Waals surface area contributed by atoms with Gasteiger partial charge in [0.25, 0.3) is 5.69 Å². The summed E-state index contributed by atoms with van der Waals surface area (Å²) in [6.07, 6.45) is 0. The number of non-ortho nitro benzene ring substituents is 1. The van der Waals surface area contributed by atoms with Crippen LogP contribution in [0.3, 0.4) is 0 Å². The lowest BCUT2D eigenvalue weighted by Gasteiger charge is -2.30. The highest BCUT2D eigenvalue weighted by molar-refractivity contribution is 5.78. The fourth-order valence-corrected chi connectivity index (χ4v) is 5.06. The molecule has 0 spiro atoms. The van der Waals surface area contributed by atoms with Crippen molar-refractivity contribution in [1.29, 1.82) is 0 Å². The van der Waals surface area contributed by atoms with Crippen molar-refractivity contribution >= 4 is 17.3 Å². The molecule has 0 aromatic heterocycles. The number of hydrogen-bond acceptors (Lipinski definition) is 8. The molecular weight excluding hydrogens is 464 g/mol. The van der Waals surface area contributed by atoms with Crippen LogP contribution in [-0.4, -0.2) is 37.9 Å². The molecule has 36 heavy (non-hydrogen) atoms. The number of esters is 1. The number of rotatable bonds is 7. The minimum Gasteiger partial charge on any atom is -0.497 e. The summed E-state index contributed by atoms with van der Waals surface area (Å²) in [6.45, 7) is 2.71. The quantitative estimate of drug-likeness (QED) is 0.263. The van der Waals surface area contributed by atoms with Gasteiger partial charge in [-0.15, -0.1) is 0 Å². The number of ether oxygens (including phenoxy) is 4. The molecule has 5 rings (SSSR count). The second-order valence-electron chi connectivity index (χ2n) is 8.64. The smallest absolute Gasteiger partial charge is 0.312 e. The van der Waals surface area contributed by atoms with Crippen LogP contribution in [0.4, 0.5) is 11.4 Å². The van der Waals surface area contributed by atoms with Gasteiger partial charge in [0.2, 0.25) is 6.79 Å². The summed E-state index contributed by atoms with van der Waals surface area (Å²) in [6, 6.07) is 19.4. The number of carbonyl (C=O) groups is 1. The molecule has 3 atom stereocenters. The maximum Gasteiger partial charge on any atom is 0.312 e. The molecule has 0 unspecified atom stereocenters. The molecule has 1 saturated heterocycles. The first kappa shape index (κ1) is 23.5. The highest BCUT2D eigenvalue weighted by atomic mass is 16.7. The highest BCUT2D eigenvalue weighted by Crippen LogP contribution is 2.50. The van der Waals surface area contributed by atoms with Crippen LogP contribution in [0.1, 0.15) is 30.0 Å². The van der Waals surface area contributed by atoms with E-state index in [0.29, 0.717) is 23.8 Å². The molecule has 0 N–H and O–H groups in total. The van der Waals surface area contributed by atoms with Crippen LogP contribution in [0.25, 0.3) is 0 Å². The molecule has 1 fully saturated rings. The Kier molecular flexibility index (Phi) is 6.37. The summed E-state index contributed by atoms with van der Waals surface area (Å²) in [7, 11) is 1.60. The number of benzene rings is 3. The molecule has 2 heterocycles. The van der Waals surface area contributed by atoms with E-state index in [0.717, 1.165) is 16.8 Å². The van der Waals surface area contributed by atoms with Crippen molar-refractivity contribution in [3.8, 4) is 17.2 Å². The lowest BCUT2D eigenvalue weighted by Crippen LogP contribution is -2.30. The molecule has 0 aliphatic carbocycles. The SMILES string of the molecule is CCOC(=O)[C@H]1[C@@H](c2ccc3c(c2)OCO3)CN(c2ccc([N+](=O)[O-])cc2)[C@@H]1c1ccc(OC)cc1. The Balaban J connectivity index is 1.61. The van der Waals surface area contributed by atoms with E-state index in [1.54, 1.807) is 26.2 Å². The summed E-state index contributed by atoms with van der Waals surface area (Å²) in [5.41, 5.74) is 2.63. The fraction of sp³-hybridized carbons (Fsp3) is 0.296. The lowest BCUT2D eigenvalue weighted by atomic mass is 9.82. The molecule has 0 bridgehead atoms. The molecule has 186 valence electrons. The molecule has 9 nitrogen and oxygen atoms in total. The van der Waals surface area contributed by atoms with Crippen LogP contribution in [0.2, 0.25) is 0 Å². The van der Waals surface area contributed by atoms with Crippen molar-refractivity contribution in [3.63, 3.8) is 0 Å². The molecule has 3 aromatic carbocycles. The van der Waals surface area contributed by atoms with Crippen molar-refractivity contribution in [2.24, 2.45) is 5.92 Å². The predicted molar refractivity (Wildman–Crippen MR) is 132 cm³/mol. The van der Waals surface area contributed by atoms with E-state index >= 15 is 0 Å². The van der Waals surface area contributed by atoms with Crippen molar-refractivity contribution < 1.29 is 28.7 Å². The van der Waals surface area contributed by atoms with Gasteiger partial charge >= 0.3 is 5.97 Å².